The van der Waals surface area contributed by atoms with Crippen molar-refractivity contribution in [1.29, 1.82) is 0 Å². The van der Waals surface area contributed by atoms with Crippen LogP contribution in [0.15, 0.2) is 18.3 Å². The molecule has 0 spiro atoms. The quantitative estimate of drug-likeness (QED) is 0.841. The first-order chi connectivity index (χ1) is 10.1. The zero-order valence-corrected chi connectivity index (χ0v) is 13.2. The largest absolute Gasteiger partial charge is 0.370 e. The molecule has 0 aromatic carbocycles. The van der Waals surface area contributed by atoms with Gasteiger partial charge in [-0.05, 0) is 51.8 Å². The summed E-state index contributed by atoms with van der Waals surface area (Å²) in [6, 6.07) is 4.15. The number of hydrogen-bond donors (Lipinski definition) is 2. The van der Waals surface area contributed by atoms with Gasteiger partial charge >= 0.3 is 0 Å². The Labute approximate surface area is 127 Å². The highest BCUT2D eigenvalue weighted by Gasteiger charge is 2.24. The van der Waals surface area contributed by atoms with Crippen molar-refractivity contribution in [3.63, 3.8) is 0 Å². The molecule has 1 aromatic rings. The lowest BCUT2D eigenvalue weighted by molar-refractivity contribution is 0.0947. The van der Waals surface area contributed by atoms with E-state index >= 15 is 0 Å². The highest BCUT2D eigenvalue weighted by Crippen LogP contribution is 2.17. The summed E-state index contributed by atoms with van der Waals surface area (Å²) >= 11 is 0. The highest BCUT2D eigenvalue weighted by molar-refractivity contribution is 5.94. The summed E-state index contributed by atoms with van der Waals surface area (Å²) in [4.78, 5) is 18.8. The van der Waals surface area contributed by atoms with Crippen molar-refractivity contribution in [2.45, 2.75) is 33.2 Å². The Balaban J connectivity index is 1.83. The summed E-state index contributed by atoms with van der Waals surface area (Å²) < 4.78 is 0. The molecule has 1 atom stereocenters. The summed E-state index contributed by atoms with van der Waals surface area (Å²) in [7, 11) is 0. The first kappa shape index (κ1) is 15.8. The van der Waals surface area contributed by atoms with Crippen molar-refractivity contribution in [2.24, 2.45) is 5.92 Å². The van der Waals surface area contributed by atoms with Crippen LogP contribution in [-0.2, 0) is 0 Å². The second-order valence-corrected chi connectivity index (χ2v) is 5.91. The fourth-order valence-electron chi connectivity index (χ4n) is 2.69. The second kappa shape index (κ2) is 7.41. The Hall–Kier alpha value is -1.62. The minimum atomic E-state index is -0.0143. The number of nitrogens with one attached hydrogen (secondary N) is 2. The SMILES string of the molecule is CCNc1cc(C(=O)NCC2CCN(C(C)C)C2)ccn1. The van der Waals surface area contributed by atoms with E-state index in [1.165, 1.54) is 0 Å². The van der Waals surface area contributed by atoms with Gasteiger partial charge in [0.15, 0.2) is 0 Å². The molecule has 1 aliphatic heterocycles. The molecule has 0 saturated carbocycles. The van der Waals surface area contributed by atoms with Crippen LogP contribution in [0, 0.1) is 5.92 Å². The fourth-order valence-corrected chi connectivity index (χ4v) is 2.69. The van der Waals surface area contributed by atoms with Crippen LogP contribution in [0.25, 0.3) is 0 Å². The van der Waals surface area contributed by atoms with Gasteiger partial charge in [0.25, 0.3) is 5.91 Å². The van der Waals surface area contributed by atoms with Crippen LogP contribution >= 0.6 is 0 Å². The number of anilines is 1. The van der Waals surface area contributed by atoms with Crippen molar-refractivity contribution in [2.75, 3.05) is 31.5 Å². The maximum atomic E-state index is 12.2. The molecule has 0 radical (unpaired) electrons. The third-order valence-electron chi connectivity index (χ3n) is 3.98. The smallest absolute Gasteiger partial charge is 0.251 e. The van der Waals surface area contributed by atoms with Crippen LogP contribution in [0.5, 0.6) is 0 Å². The van der Waals surface area contributed by atoms with Crippen molar-refractivity contribution in [1.82, 2.24) is 15.2 Å². The fraction of sp³-hybridized carbons (Fsp3) is 0.625. The third-order valence-corrected chi connectivity index (χ3v) is 3.98. The first-order valence-corrected chi connectivity index (χ1v) is 7.82. The van der Waals surface area contributed by atoms with Gasteiger partial charge in [0, 0.05) is 37.4 Å². The van der Waals surface area contributed by atoms with Crippen LogP contribution in [-0.4, -0.2) is 48.0 Å². The van der Waals surface area contributed by atoms with Gasteiger partial charge in [0.1, 0.15) is 5.82 Å². The molecule has 1 fully saturated rings. The number of likely N-dealkylation sites (tertiary alicyclic amines) is 1. The normalized spacial score (nSPS) is 19.0. The predicted molar refractivity (Wildman–Crippen MR) is 85.5 cm³/mol. The van der Waals surface area contributed by atoms with Crippen LogP contribution in [0.3, 0.4) is 0 Å². The number of pyridine rings is 1. The summed E-state index contributed by atoms with van der Waals surface area (Å²) in [6.45, 7) is 10.2. The highest BCUT2D eigenvalue weighted by atomic mass is 16.1. The molecule has 2 heterocycles. The number of hydrogen-bond acceptors (Lipinski definition) is 4. The van der Waals surface area contributed by atoms with Crippen molar-refractivity contribution >= 4 is 11.7 Å². The molecular weight excluding hydrogens is 264 g/mol. The maximum absolute atomic E-state index is 12.2. The van der Waals surface area contributed by atoms with E-state index in [-0.39, 0.29) is 5.91 Å². The molecule has 0 bridgehead atoms. The average Bonchev–Trinajstić information content (AvgIpc) is 2.94. The number of aromatic nitrogens is 1. The van der Waals surface area contributed by atoms with E-state index in [0.717, 1.165) is 38.4 Å². The summed E-state index contributed by atoms with van der Waals surface area (Å²) in [5.74, 6) is 1.29. The molecule has 1 amide bonds. The molecule has 1 saturated heterocycles. The molecule has 1 unspecified atom stereocenters. The minimum absolute atomic E-state index is 0.0143. The van der Waals surface area contributed by atoms with E-state index in [2.05, 4.69) is 34.4 Å². The van der Waals surface area contributed by atoms with Crippen LogP contribution in [0.4, 0.5) is 5.82 Å². The predicted octanol–water partition coefficient (Wildman–Crippen LogP) is 1.97. The van der Waals surface area contributed by atoms with Crippen molar-refractivity contribution in [3.8, 4) is 0 Å². The molecule has 1 aliphatic rings. The molecule has 5 nitrogen and oxygen atoms in total. The standard InChI is InChI=1S/C16H26N4O/c1-4-17-15-9-14(5-7-18-15)16(21)19-10-13-6-8-20(11-13)12(2)3/h5,7,9,12-13H,4,6,8,10-11H2,1-3H3,(H,17,18)(H,19,21). The molecule has 21 heavy (non-hydrogen) atoms. The lowest BCUT2D eigenvalue weighted by Crippen LogP contribution is -2.33. The second-order valence-electron chi connectivity index (χ2n) is 5.91. The van der Waals surface area contributed by atoms with Gasteiger partial charge in [-0.25, -0.2) is 4.98 Å². The van der Waals surface area contributed by atoms with Crippen LogP contribution in [0.2, 0.25) is 0 Å². The summed E-state index contributed by atoms with van der Waals surface area (Å²) in [6.07, 6.45) is 2.83. The van der Waals surface area contributed by atoms with E-state index in [0.29, 0.717) is 17.5 Å². The monoisotopic (exact) mass is 290 g/mol. The molecule has 5 heteroatoms. The molecule has 2 N–H and O–H groups in total. The molecular formula is C16H26N4O. The zero-order valence-electron chi connectivity index (χ0n) is 13.2. The average molecular weight is 290 g/mol. The van der Waals surface area contributed by atoms with E-state index in [1.807, 2.05) is 6.92 Å². The van der Waals surface area contributed by atoms with Gasteiger partial charge in [0.05, 0.1) is 0 Å². The van der Waals surface area contributed by atoms with Gasteiger partial charge < -0.3 is 15.5 Å². The van der Waals surface area contributed by atoms with Crippen LogP contribution in [0.1, 0.15) is 37.6 Å². The molecule has 1 aromatic heterocycles. The van der Waals surface area contributed by atoms with Crippen molar-refractivity contribution in [3.05, 3.63) is 23.9 Å². The maximum Gasteiger partial charge on any atom is 0.251 e. The van der Waals surface area contributed by atoms with Gasteiger partial charge in [-0.1, -0.05) is 0 Å². The number of rotatable bonds is 6. The Kier molecular flexibility index (Phi) is 5.56. The number of nitrogens with zero attached hydrogens (tertiary/aromatic N) is 2. The zero-order chi connectivity index (χ0) is 15.2. The number of carbonyl (C=O) groups is 1. The van der Waals surface area contributed by atoms with Gasteiger partial charge in [-0.2, -0.15) is 0 Å². The molecule has 116 valence electrons. The summed E-state index contributed by atoms with van der Waals surface area (Å²) in [5.41, 5.74) is 0.666. The van der Waals surface area contributed by atoms with E-state index in [4.69, 9.17) is 0 Å². The number of carbonyl (C=O) groups excluding carboxylic acids is 1. The Morgan fingerprint density at radius 3 is 3.00 bits per heavy atom. The topological polar surface area (TPSA) is 57.3 Å². The van der Waals surface area contributed by atoms with E-state index < -0.39 is 0 Å². The van der Waals surface area contributed by atoms with E-state index in [1.54, 1.807) is 18.3 Å². The molecule has 2 rings (SSSR count). The Morgan fingerprint density at radius 2 is 2.33 bits per heavy atom. The Morgan fingerprint density at radius 1 is 1.52 bits per heavy atom. The first-order valence-electron chi connectivity index (χ1n) is 7.82. The number of amides is 1. The summed E-state index contributed by atoms with van der Waals surface area (Å²) in [5, 5.41) is 6.17. The lowest BCUT2D eigenvalue weighted by Gasteiger charge is -2.20. The molecule has 0 aliphatic carbocycles. The van der Waals surface area contributed by atoms with Gasteiger partial charge in [0.2, 0.25) is 0 Å². The van der Waals surface area contributed by atoms with E-state index in [9.17, 15) is 4.79 Å². The van der Waals surface area contributed by atoms with Crippen LogP contribution < -0.4 is 10.6 Å². The third kappa shape index (κ3) is 4.43. The minimum Gasteiger partial charge on any atom is -0.370 e. The lowest BCUT2D eigenvalue weighted by atomic mass is 10.1. The van der Waals surface area contributed by atoms with Gasteiger partial charge in [-0.3, -0.25) is 4.79 Å². The van der Waals surface area contributed by atoms with Gasteiger partial charge in [-0.15, -0.1) is 0 Å². The Bertz CT molecular complexity index is 475. The van der Waals surface area contributed by atoms with Crippen molar-refractivity contribution < 1.29 is 4.79 Å².